The SMILES string of the molecule is Cc1cccc(C2CCCCC2)c1Nc1ncccn1. The van der Waals surface area contributed by atoms with Gasteiger partial charge in [0.05, 0.1) is 0 Å². The van der Waals surface area contributed by atoms with Gasteiger partial charge >= 0.3 is 0 Å². The zero-order valence-electron chi connectivity index (χ0n) is 12.0. The molecule has 1 aliphatic carbocycles. The van der Waals surface area contributed by atoms with Gasteiger partial charge in [-0.25, -0.2) is 9.97 Å². The lowest BCUT2D eigenvalue weighted by molar-refractivity contribution is 0.444. The Labute approximate surface area is 120 Å². The zero-order valence-corrected chi connectivity index (χ0v) is 12.0. The van der Waals surface area contributed by atoms with Gasteiger partial charge in [-0.05, 0) is 42.9 Å². The van der Waals surface area contributed by atoms with Gasteiger partial charge in [-0.1, -0.05) is 37.5 Å². The van der Waals surface area contributed by atoms with E-state index in [2.05, 4.69) is 40.4 Å². The summed E-state index contributed by atoms with van der Waals surface area (Å²) in [5.41, 5.74) is 3.89. The molecule has 104 valence electrons. The molecule has 3 rings (SSSR count). The molecule has 1 aromatic carbocycles. The van der Waals surface area contributed by atoms with Crippen molar-refractivity contribution >= 4 is 11.6 Å². The Morgan fingerprint density at radius 2 is 1.75 bits per heavy atom. The molecule has 0 aliphatic heterocycles. The fourth-order valence-electron chi connectivity index (χ4n) is 3.09. The Bertz CT molecular complexity index is 560. The molecular weight excluding hydrogens is 246 g/mol. The second kappa shape index (κ2) is 6.04. The molecule has 20 heavy (non-hydrogen) atoms. The molecule has 1 N–H and O–H groups in total. The second-order valence-corrected chi connectivity index (χ2v) is 5.57. The largest absolute Gasteiger partial charge is 0.324 e. The van der Waals surface area contributed by atoms with E-state index >= 15 is 0 Å². The summed E-state index contributed by atoms with van der Waals surface area (Å²) in [5.74, 6) is 1.36. The van der Waals surface area contributed by atoms with Crippen LogP contribution in [0.5, 0.6) is 0 Å². The van der Waals surface area contributed by atoms with Gasteiger partial charge in [-0.3, -0.25) is 0 Å². The molecular formula is C17H21N3. The van der Waals surface area contributed by atoms with Gasteiger partial charge in [0.1, 0.15) is 0 Å². The number of nitrogens with one attached hydrogen (secondary N) is 1. The summed E-state index contributed by atoms with van der Waals surface area (Å²) in [4.78, 5) is 8.56. The first-order chi connectivity index (χ1) is 9.84. The van der Waals surface area contributed by atoms with Crippen molar-refractivity contribution in [2.75, 3.05) is 5.32 Å². The van der Waals surface area contributed by atoms with Crippen LogP contribution in [0.2, 0.25) is 0 Å². The third-order valence-corrected chi connectivity index (χ3v) is 4.15. The fraction of sp³-hybridized carbons (Fsp3) is 0.412. The average molecular weight is 267 g/mol. The molecule has 0 unspecified atom stereocenters. The molecule has 3 nitrogen and oxygen atoms in total. The molecule has 1 fully saturated rings. The number of aryl methyl sites for hydroxylation is 1. The molecule has 0 radical (unpaired) electrons. The summed E-state index contributed by atoms with van der Waals surface area (Å²) in [5, 5.41) is 3.42. The Hall–Kier alpha value is -1.90. The topological polar surface area (TPSA) is 37.8 Å². The van der Waals surface area contributed by atoms with E-state index in [-0.39, 0.29) is 0 Å². The standard InChI is InChI=1S/C17H21N3/c1-13-7-5-10-15(14-8-3-2-4-9-14)16(13)20-17-18-11-6-12-19-17/h5-7,10-12,14H,2-4,8-9H2,1H3,(H,18,19,20). The van der Waals surface area contributed by atoms with Gasteiger partial charge in [-0.2, -0.15) is 0 Å². The highest BCUT2D eigenvalue weighted by Gasteiger charge is 2.19. The van der Waals surface area contributed by atoms with E-state index in [0.29, 0.717) is 11.9 Å². The van der Waals surface area contributed by atoms with Crippen LogP contribution in [0, 0.1) is 6.92 Å². The van der Waals surface area contributed by atoms with E-state index in [1.54, 1.807) is 12.4 Å². The second-order valence-electron chi connectivity index (χ2n) is 5.57. The van der Waals surface area contributed by atoms with Crippen molar-refractivity contribution in [2.24, 2.45) is 0 Å². The zero-order chi connectivity index (χ0) is 13.8. The number of hydrogen-bond acceptors (Lipinski definition) is 3. The smallest absolute Gasteiger partial charge is 0.227 e. The van der Waals surface area contributed by atoms with Crippen molar-refractivity contribution in [1.29, 1.82) is 0 Å². The van der Waals surface area contributed by atoms with Crippen LogP contribution in [0.15, 0.2) is 36.7 Å². The van der Waals surface area contributed by atoms with Gasteiger partial charge in [0.2, 0.25) is 5.95 Å². The minimum absolute atomic E-state index is 0.676. The van der Waals surface area contributed by atoms with Crippen molar-refractivity contribution in [2.45, 2.75) is 44.9 Å². The maximum absolute atomic E-state index is 4.28. The minimum atomic E-state index is 0.676. The van der Waals surface area contributed by atoms with Gasteiger partial charge in [0.15, 0.2) is 0 Å². The minimum Gasteiger partial charge on any atom is -0.324 e. The van der Waals surface area contributed by atoms with Crippen LogP contribution >= 0.6 is 0 Å². The third kappa shape index (κ3) is 2.82. The number of hydrogen-bond donors (Lipinski definition) is 1. The van der Waals surface area contributed by atoms with Crippen molar-refractivity contribution < 1.29 is 0 Å². The maximum atomic E-state index is 4.28. The molecule has 1 aliphatic rings. The molecule has 0 spiro atoms. The summed E-state index contributed by atoms with van der Waals surface area (Å²) in [6.45, 7) is 2.15. The van der Waals surface area contributed by atoms with E-state index in [4.69, 9.17) is 0 Å². The number of rotatable bonds is 3. The lowest BCUT2D eigenvalue weighted by atomic mass is 9.82. The number of anilines is 2. The lowest BCUT2D eigenvalue weighted by Gasteiger charge is -2.25. The van der Waals surface area contributed by atoms with Crippen LogP contribution in [0.1, 0.15) is 49.1 Å². The number of para-hydroxylation sites is 1. The Kier molecular flexibility index (Phi) is 3.95. The molecule has 1 saturated carbocycles. The highest BCUT2D eigenvalue weighted by atomic mass is 15.1. The quantitative estimate of drug-likeness (QED) is 0.884. The predicted molar refractivity (Wildman–Crippen MR) is 82.3 cm³/mol. The van der Waals surface area contributed by atoms with Crippen molar-refractivity contribution in [1.82, 2.24) is 9.97 Å². The number of aromatic nitrogens is 2. The van der Waals surface area contributed by atoms with Crippen molar-refractivity contribution in [3.05, 3.63) is 47.8 Å². The monoisotopic (exact) mass is 267 g/mol. The van der Waals surface area contributed by atoms with E-state index < -0.39 is 0 Å². The van der Waals surface area contributed by atoms with E-state index in [1.807, 2.05) is 6.07 Å². The maximum Gasteiger partial charge on any atom is 0.227 e. The average Bonchev–Trinajstić information content (AvgIpc) is 2.51. The summed E-state index contributed by atoms with van der Waals surface area (Å²) < 4.78 is 0. The van der Waals surface area contributed by atoms with Crippen LogP contribution in [-0.4, -0.2) is 9.97 Å². The Morgan fingerprint density at radius 3 is 2.50 bits per heavy atom. The molecule has 0 amide bonds. The molecule has 2 aromatic rings. The number of nitrogens with zero attached hydrogens (tertiary/aromatic N) is 2. The first-order valence-electron chi connectivity index (χ1n) is 7.48. The first-order valence-corrected chi connectivity index (χ1v) is 7.48. The molecule has 0 bridgehead atoms. The highest BCUT2D eigenvalue weighted by molar-refractivity contribution is 5.64. The number of benzene rings is 1. The highest BCUT2D eigenvalue weighted by Crippen LogP contribution is 2.38. The van der Waals surface area contributed by atoms with Gasteiger partial charge < -0.3 is 5.32 Å². The van der Waals surface area contributed by atoms with Crippen LogP contribution in [-0.2, 0) is 0 Å². The molecule has 3 heteroatoms. The van der Waals surface area contributed by atoms with E-state index in [9.17, 15) is 0 Å². The van der Waals surface area contributed by atoms with Crippen LogP contribution in [0.3, 0.4) is 0 Å². The summed E-state index contributed by atoms with van der Waals surface area (Å²) in [7, 11) is 0. The molecule has 0 saturated heterocycles. The van der Waals surface area contributed by atoms with Crippen molar-refractivity contribution in [3.8, 4) is 0 Å². The van der Waals surface area contributed by atoms with Crippen LogP contribution < -0.4 is 5.32 Å². The van der Waals surface area contributed by atoms with E-state index in [0.717, 1.165) is 0 Å². The van der Waals surface area contributed by atoms with Crippen LogP contribution in [0.25, 0.3) is 0 Å². The molecule has 1 heterocycles. The third-order valence-electron chi connectivity index (χ3n) is 4.15. The Balaban J connectivity index is 1.92. The van der Waals surface area contributed by atoms with Gasteiger partial charge in [0, 0.05) is 18.1 Å². The Morgan fingerprint density at radius 1 is 1.00 bits per heavy atom. The summed E-state index contributed by atoms with van der Waals surface area (Å²) >= 11 is 0. The van der Waals surface area contributed by atoms with Crippen molar-refractivity contribution in [3.63, 3.8) is 0 Å². The van der Waals surface area contributed by atoms with Gasteiger partial charge in [-0.15, -0.1) is 0 Å². The van der Waals surface area contributed by atoms with Crippen LogP contribution in [0.4, 0.5) is 11.6 Å². The van der Waals surface area contributed by atoms with E-state index in [1.165, 1.54) is 48.9 Å². The lowest BCUT2D eigenvalue weighted by Crippen LogP contribution is -2.09. The normalized spacial score (nSPS) is 16.1. The molecule has 0 atom stereocenters. The fourth-order valence-corrected chi connectivity index (χ4v) is 3.09. The first kappa shape index (κ1) is 13.1. The van der Waals surface area contributed by atoms with Gasteiger partial charge in [0.25, 0.3) is 0 Å². The molecule has 1 aromatic heterocycles. The summed E-state index contributed by atoms with van der Waals surface area (Å²) in [6.07, 6.45) is 10.2. The summed E-state index contributed by atoms with van der Waals surface area (Å²) in [6, 6.07) is 8.41. The predicted octanol–water partition coefficient (Wildman–Crippen LogP) is 4.58.